The fraction of sp³-hybridized carbons (Fsp3) is 0.167. The van der Waals surface area contributed by atoms with Gasteiger partial charge in [-0.3, -0.25) is 4.31 Å². The first-order chi connectivity index (χ1) is 11.9. The summed E-state index contributed by atoms with van der Waals surface area (Å²) in [6.07, 6.45) is 2.95. The lowest BCUT2D eigenvalue weighted by atomic mass is 10.1. The molecule has 7 heteroatoms. The first kappa shape index (κ1) is 17.0. The van der Waals surface area contributed by atoms with Crippen molar-refractivity contribution in [3.63, 3.8) is 0 Å². The molecule has 6 nitrogen and oxygen atoms in total. The quantitative estimate of drug-likeness (QED) is 0.698. The normalized spacial score (nSPS) is 11.3. The lowest BCUT2D eigenvalue weighted by Crippen LogP contribution is -2.26. The van der Waals surface area contributed by atoms with Gasteiger partial charge in [0.15, 0.2) is 12.2 Å². The Labute approximate surface area is 146 Å². The number of methoxy groups -OCH3 is 1. The highest BCUT2D eigenvalue weighted by atomic mass is 32.2. The third kappa shape index (κ3) is 3.23. The van der Waals surface area contributed by atoms with Gasteiger partial charge in [-0.25, -0.2) is 13.4 Å². The highest BCUT2D eigenvalue weighted by Gasteiger charge is 2.22. The number of hydrogen-bond donors (Lipinski definition) is 0. The maximum atomic E-state index is 12.9. The molecular formula is C18H18N2O4S. The Morgan fingerprint density at radius 2 is 1.84 bits per heavy atom. The Morgan fingerprint density at radius 1 is 1.12 bits per heavy atom. The van der Waals surface area contributed by atoms with E-state index < -0.39 is 10.0 Å². The van der Waals surface area contributed by atoms with E-state index in [2.05, 4.69) is 4.98 Å². The zero-order valence-corrected chi connectivity index (χ0v) is 14.9. The lowest BCUT2D eigenvalue weighted by molar-refractivity contribution is 0.414. The zero-order valence-electron chi connectivity index (χ0n) is 14.1. The van der Waals surface area contributed by atoms with Gasteiger partial charge in [0.1, 0.15) is 5.75 Å². The van der Waals surface area contributed by atoms with E-state index in [1.54, 1.807) is 30.5 Å². The largest absolute Gasteiger partial charge is 0.497 e. The number of sulfonamides is 1. The Hall–Kier alpha value is -2.80. The number of rotatable bonds is 5. The van der Waals surface area contributed by atoms with Crippen molar-refractivity contribution in [2.45, 2.75) is 11.8 Å². The average molecular weight is 358 g/mol. The summed E-state index contributed by atoms with van der Waals surface area (Å²) >= 11 is 0. The fourth-order valence-corrected chi connectivity index (χ4v) is 3.65. The van der Waals surface area contributed by atoms with Crippen molar-refractivity contribution in [3.05, 3.63) is 60.6 Å². The number of benzene rings is 2. The Morgan fingerprint density at radius 3 is 2.44 bits per heavy atom. The van der Waals surface area contributed by atoms with Crippen LogP contribution >= 0.6 is 0 Å². The van der Waals surface area contributed by atoms with Crippen molar-refractivity contribution in [2.24, 2.45) is 0 Å². The lowest BCUT2D eigenvalue weighted by Gasteiger charge is -2.20. The number of anilines is 1. The zero-order chi connectivity index (χ0) is 18.0. The Bertz CT molecular complexity index is 965. The van der Waals surface area contributed by atoms with Crippen LogP contribution in [0.4, 0.5) is 5.69 Å². The van der Waals surface area contributed by atoms with Gasteiger partial charge in [-0.2, -0.15) is 0 Å². The number of aromatic nitrogens is 1. The summed E-state index contributed by atoms with van der Waals surface area (Å²) in [7, 11) is -0.627. The van der Waals surface area contributed by atoms with Crippen molar-refractivity contribution in [1.29, 1.82) is 0 Å². The van der Waals surface area contributed by atoms with E-state index in [4.69, 9.17) is 9.15 Å². The molecule has 0 radical (unpaired) electrons. The van der Waals surface area contributed by atoms with Crippen LogP contribution in [0.3, 0.4) is 0 Å². The van der Waals surface area contributed by atoms with Gasteiger partial charge in [0.25, 0.3) is 10.0 Å². The third-order valence-corrected chi connectivity index (χ3v) is 5.80. The summed E-state index contributed by atoms with van der Waals surface area (Å²) in [6, 6.07) is 11.7. The van der Waals surface area contributed by atoms with Crippen molar-refractivity contribution < 1.29 is 17.6 Å². The Balaban J connectivity index is 1.99. The van der Waals surface area contributed by atoms with Crippen LogP contribution in [0.25, 0.3) is 11.3 Å². The molecule has 130 valence electrons. The minimum atomic E-state index is -3.68. The molecule has 2 aromatic carbocycles. The van der Waals surface area contributed by atoms with Crippen LogP contribution in [-0.2, 0) is 10.0 Å². The van der Waals surface area contributed by atoms with Crippen LogP contribution in [0.15, 0.2) is 64.4 Å². The van der Waals surface area contributed by atoms with Crippen LogP contribution in [0.1, 0.15) is 5.56 Å². The average Bonchev–Trinajstić information content (AvgIpc) is 3.16. The number of aryl methyl sites for hydroxylation is 1. The SMILES string of the molecule is COc1ccc(S(=O)(=O)N(C)c2ccc(C)c(-c3cnco3)c2)cc1. The molecule has 0 saturated carbocycles. The highest BCUT2D eigenvalue weighted by molar-refractivity contribution is 7.92. The first-order valence-electron chi connectivity index (χ1n) is 7.56. The second-order valence-corrected chi connectivity index (χ2v) is 7.48. The van der Waals surface area contributed by atoms with Gasteiger partial charge in [-0.15, -0.1) is 0 Å². The molecule has 0 atom stereocenters. The molecule has 0 saturated heterocycles. The number of oxazole rings is 1. The van der Waals surface area contributed by atoms with Gasteiger partial charge in [0.2, 0.25) is 0 Å². The van der Waals surface area contributed by atoms with Gasteiger partial charge < -0.3 is 9.15 Å². The minimum absolute atomic E-state index is 0.192. The molecule has 0 aliphatic carbocycles. The molecule has 0 N–H and O–H groups in total. The molecule has 0 fully saturated rings. The summed E-state index contributed by atoms with van der Waals surface area (Å²) in [6.45, 7) is 1.93. The van der Waals surface area contributed by atoms with Gasteiger partial charge in [0.05, 0.1) is 23.9 Å². The van der Waals surface area contributed by atoms with E-state index in [1.165, 1.54) is 37.0 Å². The number of hydrogen-bond acceptors (Lipinski definition) is 5. The van der Waals surface area contributed by atoms with Crippen LogP contribution < -0.4 is 9.04 Å². The van der Waals surface area contributed by atoms with Gasteiger partial charge in [0, 0.05) is 12.6 Å². The molecule has 0 unspecified atom stereocenters. The molecule has 0 aliphatic rings. The van der Waals surface area contributed by atoms with Crippen molar-refractivity contribution >= 4 is 15.7 Å². The maximum absolute atomic E-state index is 12.9. The van der Waals surface area contributed by atoms with Crippen molar-refractivity contribution in [1.82, 2.24) is 4.98 Å². The van der Waals surface area contributed by atoms with E-state index in [1.807, 2.05) is 13.0 Å². The summed E-state index contributed by atoms with van der Waals surface area (Å²) in [5, 5.41) is 0. The van der Waals surface area contributed by atoms with E-state index in [9.17, 15) is 8.42 Å². The molecule has 25 heavy (non-hydrogen) atoms. The number of nitrogens with zero attached hydrogens (tertiary/aromatic N) is 2. The van der Waals surface area contributed by atoms with Crippen molar-refractivity contribution in [2.75, 3.05) is 18.5 Å². The second kappa shape index (κ2) is 6.60. The van der Waals surface area contributed by atoms with Gasteiger partial charge >= 0.3 is 0 Å². The molecule has 0 bridgehead atoms. The predicted molar refractivity (Wildman–Crippen MR) is 95.3 cm³/mol. The van der Waals surface area contributed by atoms with Crippen LogP contribution in [0.5, 0.6) is 5.75 Å². The standard InChI is InChI=1S/C18H18N2O4S/c1-13-4-5-14(10-17(13)18-11-19-12-24-18)20(2)25(21,22)16-8-6-15(23-3)7-9-16/h4-12H,1-3H3. The summed E-state index contributed by atoms with van der Waals surface area (Å²) in [5.41, 5.74) is 2.30. The van der Waals surface area contributed by atoms with E-state index in [0.717, 1.165) is 11.1 Å². The second-order valence-electron chi connectivity index (χ2n) is 5.51. The molecule has 1 aromatic heterocycles. The summed E-state index contributed by atoms with van der Waals surface area (Å²) < 4.78 is 37.4. The maximum Gasteiger partial charge on any atom is 0.264 e. The van der Waals surface area contributed by atoms with Gasteiger partial charge in [-0.1, -0.05) is 6.07 Å². The van der Waals surface area contributed by atoms with Crippen molar-refractivity contribution in [3.8, 4) is 17.1 Å². The van der Waals surface area contributed by atoms with E-state index in [-0.39, 0.29) is 4.90 Å². The molecule has 0 amide bonds. The fourth-order valence-electron chi connectivity index (χ4n) is 2.46. The van der Waals surface area contributed by atoms with E-state index >= 15 is 0 Å². The van der Waals surface area contributed by atoms with Crippen LogP contribution in [0.2, 0.25) is 0 Å². The first-order valence-corrected chi connectivity index (χ1v) is 9.00. The molecule has 3 aromatic rings. The molecular weight excluding hydrogens is 340 g/mol. The predicted octanol–water partition coefficient (Wildman–Crippen LogP) is 3.48. The Kier molecular flexibility index (Phi) is 4.50. The highest BCUT2D eigenvalue weighted by Crippen LogP contribution is 2.30. The summed E-state index contributed by atoms with van der Waals surface area (Å²) in [5.74, 6) is 1.19. The molecule has 1 heterocycles. The van der Waals surface area contributed by atoms with Crippen LogP contribution in [-0.4, -0.2) is 27.6 Å². The topological polar surface area (TPSA) is 72.6 Å². The smallest absolute Gasteiger partial charge is 0.264 e. The van der Waals surface area contributed by atoms with Gasteiger partial charge in [-0.05, 0) is 48.9 Å². The van der Waals surface area contributed by atoms with Crippen LogP contribution in [0, 0.1) is 6.92 Å². The third-order valence-electron chi connectivity index (χ3n) is 4.00. The summed E-state index contributed by atoms with van der Waals surface area (Å²) in [4.78, 5) is 4.11. The minimum Gasteiger partial charge on any atom is -0.497 e. The monoisotopic (exact) mass is 358 g/mol. The van der Waals surface area contributed by atoms with E-state index in [0.29, 0.717) is 17.2 Å². The number of ether oxygens (including phenoxy) is 1. The molecule has 0 spiro atoms. The molecule has 3 rings (SSSR count). The molecule has 0 aliphatic heterocycles.